The highest BCUT2D eigenvalue weighted by Crippen LogP contribution is 2.25. The molecule has 0 aliphatic rings. The third-order valence-corrected chi connectivity index (χ3v) is 2.55. The molecule has 0 unspecified atom stereocenters. The molecule has 0 aliphatic heterocycles. The predicted molar refractivity (Wildman–Crippen MR) is 70.7 cm³/mol. The summed E-state index contributed by atoms with van der Waals surface area (Å²) in [6.45, 7) is 0.601. The number of rotatable bonds is 5. The highest BCUT2D eigenvalue weighted by atomic mass is 16.5. The average Bonchev–Trinajstić information content (AvgIpc) is 2.42. The molecule has 0 saturated carbocycles. The van der Waals surface area contributed by atoms with Crippen LogP contribution in [-0.4, -0.2) is 23.6 Å². The van der Waals surface area contributed by atoms with Crippen LogP contribution in [0.1, 0.15) is 5.56 Å². The van der Waals surface area contributed by atoms with Crippen LogP contribution in [-0.2, 0) is 6.42 Å². The van der Waals surface area contributed by atoms with Gasteiger partial charge < -0.3 is 20.2 Å². The minimum atomic E-state index is -0.382. The lowest BCUT2D eigenvalue weighted by molar-refractivity contribution is 0.363. The molecule has 0 amide bonds. The van der Waals surface area contributed by atoms with Gasteiger partial charge in [0.1, 0.15) is 5.75 Å². The van der Waals surface area contributed by atoms with Gasteiger partial charge in [0, 0.05) is 0 Å². The minimum absolute atomic E-state index is 0.0496. The van der Waals surface area contributed by atoms with Crippen LogP contribution < -0.4 is 20.8 Å². The minimum Gasteiger partial charge on any atom is -0.487 e. The van der Waals surface area contributed by atoms with E-state index in [4.69, 9.17) is 15.2 Å². The van der Waals surface area contributed by atoms with Crippen LogP contribution in [0.25, 0.3) is 0 Å². The number of hydrogen-bond donors (Lipinski definition) is 2. The first kappa shape index (κ1) is 13.1. The molecule has 0 bridgehead atoms. The monoisotopic (exact) mass is 261 g/mol. The molecule has 1 heterocycles. The Labute approximate surface area is 110 Å². The Morgan fingerprint density at radius 3 is 2.68 bits per heavy atom. The van der Waals surface area contributed by atoms with E-state index in [2.05, 4.69) is 9.97 Å². The fraction of sp³-hybridized carbons (Fsp3) is 0.231. The molecule has 0 radical (unpaired) electrons. The summed E-state index contributed by atoms with van der Waals surface area (Å²) in [6.07, 6.45) is 2.08. The lowest BCUT2D eigenvalue weighted by atomic mass is 10.1. The maximum absolute atomic E-state index is 11.5. The zero-order valence-electron chi connectivity index (χ0n) is 10.6. The van der Waals surface area contributed by atoms with Gasteiger partial charge in [-0.3, -0.25) is 4.79 Å². The van der Waals surface area contributed by atoms with Crippen LogP contribution in [0.3, 0.4) is 0 Å². The Kier molecular flexibility index (Phi) is 4.15. The van der Waals surface area contributed by atoms with E-state index in [0.717, 1.165) is 12.0 Å². The summed E-state index contributed by atoms with van der Waals surface area (Å²) in [5.41, 5.74) is 6.22. The zero-order chi connectivity index (χ0) is 13.7. The third kappa shape index (κ3) is 3.11. The molecule has 6 heteroatoms. The van der Waals surface area contributed by atoms with Crippen LogP contribution in [0.15, 0.2) is 35.4 Å². The molecule has 0 aliphatic carbocycles. The summed E-state index contributed by atoms with van der Waals surface area (Å²) >= 11 is 0. The topological polar surface area (TPSA) is 90.2 Å². The van der Waals surface area contributed by atoms with Gasteiger partial charge in [0.05, 0.1) is 13.4 Å². The molecule has 1 aromatic heterocycles. The molecule has 1 aromatic carbocycles. The van der Waals surface area contributed by atoms with Crippen molar-refractivity contribution >= 4 is 0 Å². The summed E-state index contributed by atoms with van der Waals surface area (Å²) in [7, 11) is 1.39. The van der Waals surface area contributed by atoms with Gasteiger partial charge >= 0.3 is 0 Å². The molecule has 100 valence electrons. The first-order valence-corrected chi connectivity index (χ1v) is 5.83. The highest BCUT2D eigenvalue weighted by Gasteiger charge is 2.11. The van der Waals surface area contributed by atoms with Crippen molar-refractivity contribution in [3.05, 3.63) is 46.5 Å². The van der Waals surface area contributed by atoms with E-state index in [0.29, 0.717) is 12.3 Å². The molecular formula is C13H15N3O3. The van der Waals surface area contributed by atoms with E-state index in [9.17, 15) is 4.79 Å². The predicted octanol–water partition coefficient (Wildman–Crippen LogP) is 1.07. The second-order valence-corrected chi connectivity index (χ2v) is 3.85. The molecule has 0 fully saturated rings. The number of nitrogens with one attached hydrogen (secondary N) is 1. The van der Waals surface area contributed by atoms with E-state index >= 15 is 0 Å². The Bertz CT molecular complexity index is 593. The normalized spacial score (nSPS) is 10.2. The van der Waals surface area contributed by atoms with Crippen molar-refractivity contribution in [2.24, 2.45) is 5.73 Å². The summed E-state index contributed by atoms with van der Waals surface area (Å²) in [4.78, 5) is 17.8. The van der Waals surface area contributed by atoms with E-state index in [-0.39, 0.29) is 17.2 Å². The van der Waals surface area contributed by atoms with Crippen molar-refractivity contribution in [2.75, 3.05) is 13.7 Å². The van der Waals surface area contributed by atoms with Crippen molar-refractivity contribution < 1.29 is 9.47 Å². The molecular weight excluding hydrogens is 246 g/mol. The lowest BCUT2D eigenvalue weighted by Crippen LogP contribution is -2.10. The number of methoxy groups -OCH3 is 1. The number of H-pyrrole nitrogens is 1. The van der Waals surface area contributed by atoms with Crippen LogP contribution in [0.5, 0.6) is 17.4 Å². The van der Waals surface area contributed by atoms with Crippen LogP contribution in [0, 0.1) is 0 Å². The van der Waals surface area contributed by atoms with Gasteiger partial charge in [0.15, 0.2) is 0 Å². The number of hydrogen-bond acceptors (Lipinski definition) is 5. The molecule has 0 atom stereocenters. The molecule has 2 rings (SSSR count). The van der Waals surface area contributed by atoms with Crippen molar-refractivity contribution in [3.8, 4) is 17.4 Å². The standard InChI is InChI=1S/C13H15N3O3/c1-18-11-12(17)15-8-16-13(11)19-10-4-2-9(3-5-10)6-7-14/h2-5,8H,6-7,14H2,1H3,(H,15,16,17). The SMILES string of the molecule is COc1c(Oc2ccc(CCN)cc2)nc[nH]c1=O. The van der Waals surface area contributed by atoms with Crippen LogP contribution in [0.2, 0.25) is 0 Å². The molecule has 0 spiro atoms. The summed E-state index contributed by atoms with van der Waals surface area (Å²) < 4.78 is 10.5. The first-order chi connectivity index (χ1) is 9.24. The number of nitrogens with two attached hydrogens (primary N) is 1. The highest BCUT2D eigenvalue weighted by molar-refractivity contribution is 5.36. The smallest absolute Gasteiger partial charge is 0.297 e. The summed E-state index contributed by atoms with van der Waals surface area (Å²) in [5, 5.41) is 0. The largest absolute Gasteiger partial charge is 0.487 e. The van der Waals surface area contributed by atoms with Gasteiger partial charge in [-0.2, -0.15) is 0 Å². The Morgan fingerprint density at radius 2 is 2.05 bits per heavy atom. The molecule has 6 nitrogen and oxygen atoms in total. The van der Waals surface area contributed by atoms with Crippen LogP contribution >= 0.6 is 0 Å². The van der Waals surface area contributed by atoms with Crippen molar-refractivity contribution in [2.45, 2.75) is 6.42 Å². The zero-order valence-corrected chi connectivity index (χ0v) is 10.6. The van der Waals surface area contributed by atoms with Gasteiger partial charge in [0.2, 0.25) is 5.75 Å². The Balaban J connectivity index is 2.21. The maximum Gasteiger partial charge on any atom is 0.297 e. The van der Waals surface area contributed by atoms with Crippen molar-refractivity contribution in [3.63, 3.8) is 0 Å². The van der Waals surface area contributed by atoms with Gasteiger partial charge in [-0.05, 0) is 30.7 Å². The Morgan fingerprint density at radius 1 is 1.32 bits per heavy atom. The van der Waals surface area contributed by atoms with Crippen LogP contribution in [0.4, 0.5) is 0 Å². The van der Waals surface area contributed by atoms with Gasteiger partial charge in [-0.1, -0.05) is 12.1 Å². The van der Waals surface area contributed by atoms with Crippen molar-refractivity contribution in [1.29, 1.82) is 0 Å². The second kappa shape index (κ2) is 6.01. The summed E-state index contributed by atoms with van der Waals surface area (Å²) in [5.74, 6) is 0.767. The number of nitrogens with zero attached hydrogens (tertiary/aromatic N) is 1. The van der Waals surface area contributed by atoms with Crippen molar-refractivity contribution in [1.82, 2.24) is 9.97 Å². The lowest BCUT2D eigenvalue weighted by Gasteiger charge is -2.08. The summed E-state index contributed by atoms with van der Waals surface area (Å²) in [6, 6.07) is 7.43. The van der Waals surface area contributed by atoms with Gasteiger partial charge in [-0.15, -0.1) is 0 Å². The molecule has 2 aromatic rings. The molecule has 19 heavy (non-hydrogen) atoms. The van der Waals surface area contributed by atoms with Gasteiger partial charge in [0.25, 0.3) is 11.4 Å². The van der Waals surface area contributed by atoms with Gasteiger partial charge in [-0.25, -0.2) is 4.98 Å². The number of benzene rings is 1. The fourth-order valence-corrected chi connectivity index (χ4v) is 1.63. The van der Waals surface area contributed by atoms with E-state index in [1.807, 2.05) is 12.1 Å². The van der Waals surface area contributed by atoms with E-state index < -0.39 is 0 Å². The second-order valence-electron chi connectivity index (χ2n) is 3.85. The maximum atomic E-state index is 11.5. The number of aromatic nitrogens is 2. The van der Waals surface area contributed by atoms with E-state index in [1.54, 1.807) is 12.1 Å². The quantitative estimate of drug-likeness (QED) is 0.840. The number of aromatic amines is 1. The molecule has 0 saturated heterocycles. The third-order valence-electron chi connectivity index (χ3n) is 2.55. The van der Waals surface area contributed by atoms with E-state index in [1.165, 1.54) is 13.4 Å². The number of ether oxygens (including phenoxy) is 2. The Hall–Kier alpha value is -2.34. The first-order valence-electron chi connectivity index (χ1n) is 5.83. The average molecular weight is 261 g/mol. The molecule has 3 N–H and O–H groups in total. The fourth-order valence-electron chi connectivity index (χ4n) is 1.63.